The average molecular weight is 273 g/mol. The van der Waals surface area contributed by atoms with Crippen LogP contribution in [0.2, 0.25) is 0 Å². The van der Waals surface area contributed by atoms with E-state index in [9.17, 15) is 0 Å². The number of fused-ring (bicyclic) bond motifs is 1. The molecule has 1 aromatic heterocycles. The molecule has 106 valence electrons. The van der Waals surface area contributed by atoms with E-state index in [2.05, 4.69) is 33.7 Å². The van der Waals surface area contributed by atoms with E-state index in [4.69, 9.17) is 9.47 Å². The van der Waals surface area contributed by atoms with Crippen molar-refractivity contribution >= 4 is 16.6 Å². The van der Waals surface area contributed by atoms with Crippen molar-refractivity contribution in [2.75, 3.05) is 18.5 Å². The monoisotopic (exact) mass is 273 g/mol. The normalized spacial score (nSPS) is 22.6. The number of nitrogens with one attached hydrogen (secondary N) is 2. The van der Waals surface area contributed by atoms with E-state index in [0.717, 1.165) is 55.5 Å². The molecule has 2 N–H and O–H groups in total. The van der Waals surface area contributed by atoms with Gasteiger partial charge in [0.25, 0.3) is 0 Å². The van der Waals surface area contributed by atoms with Gasteiger partial charge in [0.1, 0.15) is 0 Å². The Morgan fingerprint density at radius 3 is 2.80 bits per heavy atom. The Balaban J connectivity index is 1.46. The molecule has 2 fully saturated rings. The maximum absolute atomic E-state index is 5.77. The second-order valence-corrected chi connectivity index (χ2v) is 5.67. The Morgan fingerprint density at radius 1 is 1.20 bits per heavy atom. The molecule has 2 aromatic rings. The summed E-state index contributed by atoms with van der Waals surface area (Å²) in [6, 6.07) is 6.71. The van der Waals surface area contributed by atoms with Crippen LogP contribution in [0.4, 0.5) is 5.69 Å². The molecule has 1 aliphatic carbocycles. The number of hydrogen-bond donors (Lipinski definition) is 2. The fourth-order valence-corrected chi connectivity index (χ4v) is 3.30. The molecule has 5 nitrogen and oxygen atoms in total. The number of hydrogen-bond acceptors (Lipinski definition) is 4. The summed E-state index contributed by atoms with van der Waals surface area (Å²) in [5.41, 5.74) is 2.22. The number of para-hydroxylation sites is 1. The molecule has 2 aliphatic rings. The van der Waals surface area contributed by atoms with Gasteiger partial charge in [-0.15, -0.1) is 0 Å². The van der Waals surface area contributed by atoms with Gasteiger partial charge in [-0.3, -0.25) is 5.10 Å². The van der Waals surface area contributed by atoms with Crippen LogP contribution in [-0.2, 0) is 9.47 Å². The van der Waals surface area contributed by atoms with Crippen molar-refractivity contribution in [3.05, 3.63) is 24.4 Å². The van der Waals surface area contributed by atoms with E-state index in [1.54, 1.807) is 0 Å². The van der Waals surface area contributed by atoms with E-state index in [1.165, 1.54) is 0 Å². The fourth-order valence-electron chi connectivity index (χ4n) is 3.30. The van der Waals surface area contributed by atoms with Crippen LogP contribution in [0.1, 0.15) is 25.7 Å². The first-order valence-electron chi connectivity index (χ1n) is 7.31. The van der Waals surface area contributed by atoms with Gasteiger partial charge in [0, 0.05) is 24.3 Å². The number of aromatic amines is 1. The topological polar surface area (TPSA) is 59.2 Å². The average Bonchev–Trinajstić information content (AvgIpc) is 3.12. The maximum Gasteiger partial charge on any atom is 0.168 e. The molecule has 1 spiro atoms. The first kappa shape index (κ1) is 12.2. The van der Waals surface area contributed by atoms with Gasteiger partial charge < -0.3 is 14.8 Å². The van der Waals surface area contributed by atoms with Crippen molar-refractivity contribution < 1.29 is 9.47 Å². The van der Waals surface area contributed by atoms with Gasteiger partial charge in [-0.1, -0.05) is 12.1 Å². The third kappa shape index (κ3) is 2.07. The van der Waals surface area contributed by atoms with Crippen LogP contribution in [0.5, 0.6) is 0 Å². The lowest BCUT2D eigenvalue weighted by Crippen LogP contribution is -2.39. The molecule has 5 heteroatoms. The van der Waals surface area contributed by atoms with Crippen molar-refractivity contribution in [2.24, 2.45) is 0 Å². The van der Waals surface area contributed by atoms with Crippen LogP contribution < -0.4 is 5.32 Å². The SMILES string of the molecule is c1cc(NC2CCC3(CC2)OCCO3)c2[nH]ncc2c1. The highest BCUT2D eigenvalue weighted by Gasteiger charge is 2.40. The molecule has 0 amide bonds. The van der Waals surface area contributed by atoms with Gasteiger partial charge in [-0.25, -0.2) is 0 Å². The van der Waals surface area contributed by atoms with Gasteiger partial charge in [0.2, 0.25) is 0 Å². The lowest BCUT2D eigenvalue weighted by Gasteiger charge is -2.36. The van der Waals surface area contributed by atoms with Crippen LogP contribution in [0.3, 0.4) is 0 Å². The van der Waals surface area contributed by atoms with Crippen LogP contribution in [0.15, 0.2) is 24.4 Å². The highest BCUT2D eigenvalue weighted by Crippen LogP contribution is 2.37. The number of aromatic nitrogens is 2. The Hall–Kier alpha value is -1.59. The van der Waals surface area contributed by atoms with E-state index in [-0.39, 0.29) is 5.79 Å². The summed E-state index contributed by atoms with van der Waals surface area (Å²) in [7, 11) is 0. The maximum atomic E-state index is 5.77. The molecule has 2 heterocycles. The zero-order valence-corrected chi connectivity index (χ0v) is 11.4. The number of benzene rings is 1. The highest BCUT2D eigenvalue weighted by atomic mass is 16.7. The minimum absolute atomic E-state index is 0.280. The fraction of sp³-hybridized carbons (Fsp3) is 0.533. The summed E-state index contributed by atoms with van der Waals surface area (Å²) in [4.78, 5) is 0. The number of H-pyrrole nitrogens is 1. The van der Waals surface area contributed by atoms with E-state index >= 15 is 0 Å². The molecule has 1 aliphatic heterocycles. The molecule has 1 saturated carbocycles. The highest BCUT2D eigenvalue weighted by molar-refractivity contribution is 5.89. The van der Waals surface area contributed by atoms with Gasteiger partial charge in [0.15, 0.2) is 5.79 Å². The lowest BCUT2D eigenvalue weighted by atomic mass is 9.90. The van der Waals surface area contributed by atoms with Crippen LogP contribution >= 0.6 is 0 Å². The predicted molar refractivity (Wildman–Crippen MR) is 76.6 cm³/mol. The van der Waals surface area contributed by atoms with Crippen molar-refractivity contribution in [3.8, 4) is 0 Å². The lowest BCUT2D eigenvalue weighted by molar-refractivity contribution is -0.177. The van der Waals surface area contributed by atoms with E-state index < -0.39 is 0 Å². The quantitative estimate of drug-likeness (QED) is 0.883. The summed E-state index contributed by atoms with van der Waals surface area (Å²) in [6.07, 6.45) is 5.96. The van der Waals surface area contributed by atoms with Gasteiger partial charge >= 0.3 is 0 Å². The molecule has 0 unspecified atom stereocenters. The van der Waals surface area contributed by atoms with Crippen molar-refractivity contribution in [1.82, 2.24) is 10.2 Å². The van der Waals surface area contributed by atoms with Gasteiger partial charge in [-0.05, 0) is 18.9 Å². The summed E-state index contributed by atoms with van der Waals surface area (Å²) in [5, 5.41) is 11.9. The molecular formula is C15H19N3O2. The van der Waals surface area contributed by atoms with Crippen LogP contribution in [-0.4, -0.2) is 35.2 Å². The molecule has 1 aromatic carbocycles. The zero-order valence-electron chi connectivity index (χ0n) is 11.4. The summed E-state index contributed by atoms with van der Waals surface area (Å²) in [6.45, 7) is 1.48. The smallest absolute Gasteiger partial charge is 0.168 e. The first-order valence-corrected chi connectivity index (χ1v) is 7.31. The largest absolute Gasteiger partial charge is 0.381 e. The number of ether oxygens (including phenoxy) is 2. The summed E-state index contributed by atoms with van der Waals surface area (Å²) in [5.74, 6) is -0.280. The third-order valence-electron chi connectivity index (χ3n) is 4.40. The molecule has 1 saturated heterocycles. The zero-order chi connectivity index (χ0) is 13.4. The molecule has 0 atom stereocenters. The Bertz CT molecular complexity index is 594. The summed E-state index contributed by atoms with van der Waals surface area (Å²) >= 11 is 0. The van der Waals surface area contributed by atoms with E-state index in [0.29, 0.717) is 6.04 Å². The number of anilines is 1. The predicted octanol–water partition coefficient (Wildman–Crippen LogP) is 2.66. The molecule has 0 radical (unpaired) electrons. The summed E-state index contributed by atoms with van der Waals surface area (Å²) < 4.78 is 11.5. The minimum Gasteiger partial charge on any atom is -0.381 e. The minimum atomic E-state index is -0.280. The van der Waals surface area contributed by atoms with Gasteiger partial charge in [0.05, 0.1) is 30.6 Å². The van der Waals surface area contributed by atoms with Crippen LogP contribution in [0, 0.1) is 0 Å². The molecule has 20 heavy (non-hydrogen) atoms. The van der Waals surface area contributed by atoms with Crippen molar-refractivity contribution in [1.29, 1.82) is 0 Å². The Labute approximate surface area is 117 Å². The number of nitrogens with zero attached hydrogens (tertiary/aromatic N) is 1. The second kappa shape index (κ2) is 4.75. The standard InChI is InChI=1S/C15H19N3O2/c1-2-11-10-16-18-14(11)13(3-1)17-12-4-6-15(7-5-12)19-8-9-20-15/h1-3,10,12,17H,4-9H2,(H,16,18). The molecular weight excluding hydrogens is 254 g/mol. The Kier molecular flexibility index (Phi) is 2.89. The van der Waals surface area contributed by atoms with Gasteiger partial charge in [-0.2, -0.15) is 5.10 Å². The van der Waals surface area contributed by atoms with E-state index in [1.807, 2.05) is 6.20 Å². The number of rotatable bonds is 2. The molecule has 4 rings (SSSR count). The molecule has 0 bridgehead atoms. The first-order chi connectivity index (χ1) is 9.85. The van der Waals surface area contributed by atoms with Crippen LogP contribution in [0.25, 0.3) is 10.9 Å². The third-order valence-corrected chi connectivity index (χ3v) is 4.40. The second-order valence-electron chi connectivity index (χ2n) is 5.67. The van der Waals surface area contributed by atoms with Crippen molar-refractivity contribution in [2.45, 2.75) is 37.5 Å². The van der Waals surface area contributed by atoms with Crippen molar-refractivity contribution in [3.63, 3.8) is 0 Å². The Morgan fingerprint density at radius 2 is 2.00 bits per heavy atom.